The average Bonchev–Trinajstić information content (AvgIpc) is 3.17. The lowest BCUT2D eigenvalue weighted by atomic mass is 10.0. The monoisotopic (exact) mass is 429 g/mol. The van der Waals surface area contributed by atoms with E-state index in [1.165, 1.54) is 11.8 Å². The SMILES string of the molecule is CCSCCc1ccc(-c2nocc2CC(=O)OC(C)c2ccccc2Cl)cc1. The van der Waals surface area contributed by atoms with E-state index >= 15 is 0 Å². The van der Waals surface area contributed by atoms with Crippen molar-refractivity contribution >= 4 is 29.3 Å². The summed E-state index contributed by atoms with van der Waals surface area (Å²) >= 11 is 8.12. The van der Waals surface area contributed by atoms with Gasteiger partial charge in [-0.2, -0.15) is 11.8 Å². The largest absolute Gasteiger partial charge is 0.457 e. The smallest absolute Gasteiger partial charge is 0.311 e. The number of hydrogen-bond acceptors (Lipinski definition) is 5. The molecule has 0 fully saturated rings. The Kier molecular flexibility index (Phi) is 7.78. The normalized spacial score (nSPS) is 12.0. The molecule has 1 heterocycles. The number of hydrogen-bond donors (Lipinski definition) is 0. The minimum Gasteiger partial charge on any atom is -0.457 e. The molecule has 0 aliphatic rings. The van der Waals surface area contributed by atoms with Gasteiger partial charge >= 0.3 is 5.97 Å². The molecule has 152 valence electrons. The zero-order valence-corrected chi connectivity index (χ0v) is 18.1. The molecule has 6 heteroatoms. The lowest BCUT2D eigenvalue weighted by molar-refractivity contribution is -0.147. The Hall–Kier alpha value is -2.24. The summed E-state index contributed by atoms with van der Waals surface area (Å²) in [5.41, 5.74) is 4.36. The third-order valence-corrected chi connectivity index (χ3v) is 5.84. The van der Waals surface area contributed by atoms with E-state index in [9.17, 15) is 4.79 Å². The molecule has 3 aromatic rings. The first kappa shape index (κ1) is 21.5. The number of esters is 1. The summed E-state index contributed by atoms with van der Waals surface area (Å²) < 4.78 is 10.7. The molecule has 29 heavy (non-hydrogen) atoms. The first-order valence-electron chi connectivity index (χ1n) is 9.62. The molecule has 1 atom stereocenters. The molecular weight excluding hydrogens is 406 g/mol. The maximum atomic E-state index is 12.5. The highest BCUT2D eigenvalue weighted by Gasteiger charge is 2.18. The van der Waals surface area contributed by atoms with E-state index in [1.807, 2.05) is 49.0 Å². The van der Waals surface area contributed by atoms with E-state index in [4.69, 9.17) is 20.9 Å². The highest BCUT2D eigenvalue weighted by atomic mass is 35.5. The van der Waals surface area contributed by atoms with Crippen LogP contribution in [0.25, 0.3) is 11.3 Å². The first-order chi connectivity index (χ1) is 14.1. The fraction of sp³-hybridized carbons (Fsp3) is 0.304. The third-order valence-electron chi connectivity index (χ3n) is 4.60. The Morgan fingerprint density at radius 2 is 1.97 bits per heavy atom. The van der Waals surface area contributed by atoms with E-state index in [0.29, 0.717) is 16.3 Å². The van der Waals surface area contributed by atoms with Crippen LogP contribution in [0.5, 0.6) is 0 Å². The third kappa shape index (κ3) is 5.87. The van der Waals surface area contributed by atoms with Gasteiger partial charge in [0.25, 0.3) is 0 Å². The van der Waals surface area contributed by atoms with Crippen LogP contribution in [0.1, 0.15) is 36.6 Å². The van der Waals surface area contributed by atoms with Crippen molar-refractivity contribution in [1.82, 2.24) is 5.16 Å². The van der Waals surface area contributed by atoms with E-state index in [-0.39, 0.29) is 12.4 Å². The molecule has 2 aromatic carbocycles. The Bertz CT molecular complexity index is 939. The molecule has 1 aromatic heterocycles. The van der Waals surface area contributed by atoms with Crippen molar-refractivity contribution in [1.29, 1.82) is 0 Å². The van der Waals surface area contributed by atoms with Crippen LogP contribution in [0.15, 0.2) is 59.3 Å². The standard InChI is InChI=1S/C23H24ClNO3S/c1-3-29-13-12-17-8-10-18(11-9-17)23-19(15-27-25-23)14-22(26)28-16(2)20-6-4-5-7-21(20)24/h4-11,15-16H,3,12-14H2,1-2H3. The first-order valence-corrected chi connectivity index (χ1v) is 11.2. The number of aromatic nitrogens is 1. The molecule has 0 spiro atoms. The number of rotatable bonds is 9. The lowest BCUT2D eigenvalue weighted by Crippen LogP contribution is -2.12. The lowest BCUT2D eigenvalue weighted by Gasteiger charge is -2.14. The van der Waals surface area contributed by atoms with Gasteiger partial charge in [-0.05, 0) is 36.5 Å². The van der Waals surface area contributed by atoms with Crippen LogP contribution in [0.4, 0.5) is 0 Å². The summed E-state index contributed by atoms with van der Waals surface area (Å²) in [6.45, 7) is 3.98. The molecule has 0 saturated carbocycles. The van der Waals surface area contributed by atoms with Gasteiger partial charge in [-0.25, -0.2) is 0 Å². The number of halogens is 1. The van der Waals surface area contributed by atoms with Crippen LogP contribution < -0.4 is 0 Å². The zero-order valence-electron chi connectivity index (χ0n) is 16.6. The molecular formula is C23H24ClNO3S. The summed E-state index contributed by atoms with van der Waals surface area (Å²) in [6, 6.07) is 15.6. The number of benzene rings is 2. The van der Waals surface area contributed by atoms with Crippen molar-refractivity contribution in [2.24, 2.45) is 0 Å². The maximum absolute atomic E-state index is 12.5. The second-order valence-corrected chi connectivity index (χ2v) is 8.46. The van der Waals surface area contributed by atoms with Crippen LogP contribution in [-0.4, -0.2) is 22.6 Å². The van der Waals surface area contributed by atoms with Gasteiger partial charge in [0, 0.05) is 21.7 Å². The summed E-state index contributed by atoms with van der Waals surface area (Å²) in [7, 11) is 0. The summed E-state index contributed by atoms with van der Waals surface area (Å²) in [6.07, 6.45) is 2.20. The average molecular weight is 430 g/mol. The van der Waals surface area contributed by atoms with Crippen LogP contribution in [0, 0.1) is 0 Å². The van der Waals surface area contributed by atoms with Gasteiger partial charge in [-0.3, -0.25) is 4.79 Å². The zero-order chi connectivity index (χ0) is 20.6. The summed E-state index contributed by atoms with van der Waals surface area (Å²) in [5.74, 6) is 1.89. The predicted octanol–water partition coefficient (Wildman–Crippen LogP) is 6.14. The number of aryl methyl sites for hydroxylation is 1. The number of carbonyl (C=O) groups is 1. The molecule has 1 unspecified atom stereocenters. The molecule has 0 bridgehead atoms. The summed E-state index contributed by atoms with van der Waals surface area (Å²) in [5, 5.41) is 4.67. The Balaban J connectivity index is 1.64. The molecule has 0 saturated heterocycles. The van der Waals surface area contributed by atoms with Crippen molar-refractivity contribution in [3.63, 3.8) is 0 Å². The van der Waals surface area contributed by atoms with Crippen LogP contribution in [0.3, 0.4) is 0 Å². The number of nitrogens with zero attached hydrogens (tertiary/aromatic N) is 1. The highest BCUT2D eigenvalue weighted by Crippen LogP contribution is 2.27. The molecule has 0 amide bonds. The van der Waals surface area contributed by atoms with Gasteiger partial charge in [0.2, 0.25) is 0 Å². The van der Waals surface area contributed by atoms with Gasteiger partial charge in [-0.15, -0.1) is 0 Å². The summed E-state index contributed by atoms with van der Waals surface area (Å²) in [4.78, 5) is 12.5. The van der Waals surface area contributed by atoms with Crippen LogP contribution >= 0.6 is 23.4 Å². The molecule has 0 aliphatic heterocycles. The van der Waals surface area contributed by atoms with E-state index < -0.39 is 6.10 Å². The molecule has 0 aliphatic carbocycles. The van der Waals surface area contributed by atoms with Crippen molar-refractivity contribution in [2.75, 3.05) is 11.5 Å². The second-order valence-electron chi connectivity index (χ2n) is 6.66. The van der Waals surface area contributed by atoms with Crippen molar-refractivity contribution in [3.8, 4) is 11.3 Å². The minimum atomic E-state index is -0.431. The maximum Gasteiger partial charge on any atom is 0.311 e. The van der Waals surface area contributed by atoms with E-state index in [0.717, 1.165) is 29.1 Å². The van der Waals surface area contributed by atoms with Crippen molar-refractivity contribution in [2.45, 2.75) is 32.8 Å². The van der Waals surface area contributed by atoms with Gasteiger partial charge in [0.05, 0.1) is 6.42 Å². The van der Waals surface area contributed by atoms with Crippen molar-refractivity contribution in [3.05, 3.63) is 76.5 Å². The Morgan fingerprint density at radius 1 is 1.21 bits per heavy atom. The Morgan fingerprint density at radius 3 is 2.69 bits per heavy atom. The van der Waals surface area contributed by atoms with Crippen LogP contribution in [0.2, 0.25) is 5.02 Å². The van der Waals surface area contributed by atoms with Crippen molar-refractivity contribution < 1.29 is 14.1 Å². The topological polar surface area (TPSA) is 52.3 Å². The van der Waals surface area contributed by atoms with Crippen LogP contribution in [-0.2, 0) is 22.4 Å². The predicted molar refractivity (Wildman–Crippen MR) is 118 cm³/mol. The minimum absolute atomic E-state index is 0.0858. The molecule has 0 radical (unpaired) electrons. The second kappa shape index (κ2) is 10.5. The highest BCUT2D eigenvalue weighted by molar-refractivity contribution is 7.99. The van der Waals surface area contributed by atoms with Gasteiger partial charge in [-0.1, -0.05) is 66.1 Å². The quantitative estimate of drug-likeness (QED) is 0.302. The van der Waals surface area contributed by atoms with Gasteiger partial charge < -0.3 is 9.26 Å². The Labute approximate surface area is 180 Å². The molecule has 4 nitrogen and oxygen atoms in total. The molecule has 3 rings (SSSR count). The molecule has 0 N–H and O–H groups in total. The van der Waals surface area contributed by atoms with Gasteiger partial charge in [0.15, 0.2) is 0 Å². The van der Waals surface area contributed by atoms with E-state index in [2.05, 4.69) is 24.2 Å². The van der Waals surface area contributed by atoms with Gasteiger partial charge in [0.1, 0.15) is 18.1 Å². The fourth-order valence-corrected chi connectivity index (χ4v) is 4.00. The number of carbonyl (C=O) groups excluding carboxylic acids is 1. The van der Waals surface area contributed by atoms with E-state index in [1.54, 1.807) is 6.07 Å². The number of ether oxygens (including phenoxy) is 1. The number of thioether (sulfide) groups is 1. The fourth-order valence-electron chi connectivity index (χ4n) is 3.05.